The lowest BCUT2D eigenvalue weighted by molar-refractivity contribution is 0.309. The molecule has 1 saturated carbocycles. The summed E-state index contributed by atoms with van der Waals surface area (Å²) >= 11 is 0. The molecule has 2 aromatic carbocycles. The number of nitrogens with zero attached hydrogens (tertiary/aromatic N) is 4. The Morgan fingerprint density at radius 2 is 1.68 bits per heavy atom. The van der Waals surface area contributed by atoms with E-state index in [1.807, 2.05) is 41.1 Å². The van der Waals surface area contributed by atoms with Crippen molar-refractivity contribution >= 4 is 5.69 Å². The number of benzene rings is 2. The van der Waals surface area contributed by atoms with Crippen molar-refractivity contribution in [2.45, 2.75) is 37.6 Å². The van der Waals surface area contributed by atoms with Crippen LogP contribution < -0.4 is 14.8 Å². The van der Waals surface area contributed by atoms with Gasteiger partial charge in [0.1, 0.15) is 0 Å². The lowest BCUT2D eigenvalue weighted by atomic mass is 9.80. The molecule has 4 rings (SSSR count). The topological polar surface area (TPSA) is 74.1 Å². The average molecular weight is 379 g/mol. The molecule has 1 aromatic heterocycles. The zero-order chi connectivity index (χ0) is 19.4. The molecule has 7 nitrogen and oxygen atoms in total. The van der Waals surface area contributed by atoms with Gasteiger partial charge in [-0.2, -0.15) is 4.68 Å². The highest BCUT2D eigenvalue weighted by atomic mass is 16.5. The van der Waals surface area contributed by atoms with Gasteiger partial charge in [-0.1, -0.05) is 37.5 Å². The first-order valence-electron chi connectivity index (χ1n) is 9.60. The number of aromatic nitrogens is 4. The number of tetrazole rings is 1. The van der Waals surface area contributed by atoms with Gasteiger partial charge in [-0.3, -0.25) is 0 Å². The van der Waals surface area contributed by atoms with Gasteiger partial charge < -0.3 is 14.8 Å². The summed E-state index contributed by atoms with van der Waals surface area (Å²) in [4.78, 5) is 0. The number of anilines is 1. The second-order valence-corrected chi connectivity index (χ2v) is 7.09. The highest BCUT2D eigenvalue weighted by Crippen LogP contribution is 2.40. The van der Waals surface area contributed by atoms with Gasteiger partial charge in [0.05, 0.1) is 25.4 Å². The quantitative estimate of drug-likeness (QED) is 0.699. The molecule has 0 aliphatic heterocycles. The van der Waals surface area contributed by atoms with Crippen molar-refractivity contribution in [1.82, 2.24) is 20.2 Å². The minimum absolute atomic E-state index is 0.309. The number of rotatable bonds is 6. The third-order valence-electron chi connectivity index (χ3n) is 5.37. The van der Waals surface area contributed by atoms with E-state index in [-0.39, 0.29) is 5.54 Å². The zero-order valence-corrected chi connectivity index (χ0v) is 16.3. The van der Waals surface area contributed by atoms with E-state index >= 15 is 0 Å². The first-order chi connectivity index (χ1) is 13.8. The molecule has 0 atom stereocenters. The predicted molar refractivity (Wildman–Crippen MR) is 107 cm³/mol. The summed E-state index contributed by atoms with van der Waals surface area (Å²) in [5.41, 5.74) is 1.61. The molecule has 1 heterocycles. The highest BCUT2D eigenvalue weighted by molar-refractivity contribution is 5.50. The molecule has 7 heteroatoms. The van der Waals surface area contributed by atoms with E-state index in [1.54, 1.807) is 14.2 Å². The summed E-state index contributed by atoms with van der Waals surface area (Å²) in [5, 5.41) is 16.5. The molecule has 0 unspecified atom stereocenters. The lowest BCUT2D eigenvalue weighted by Crippen LogP contribution is -2.40. The second kappa shape index (κ2) is 7.88. The summed E-state index contributed by atoms with van der Waals surface area (Å²) in [5.74, 6) is 2.15. The van der Waals surface area contributed by atoms with Crippen LogP contribution in [0.5, 0.6) is 11.5 Å². The maximum absolute atomic E-state index is 5.46. The van der Waals surface area contributed by atoms with Crippen molar-refractivity contribution in [3.05, 3.63) is 54.4 Å². The Hall–Kier alpha value is -3.09. The van der Waals surface area contributed by atoms with Gasteiger partial charge in [-0.05, 0) is 47.5 Å². The first-order valence-corrected chi connectivity index (χ1v) is 9.60. The van der Waals surface area contributed by atoms with Crippen molar-refractivity contribution in [3.63, 3.8) is 0 Å². The van der Waals surface area contributed by atoms with Crippen LogP contribution in [0.25, 0.3) is 5.69 Å². The van der Waals surface area contributed by atoms with Crippen LogP contribution in [0.15, 0.2) is 48.5 Å². The Morgan fingerprint density at radius 1 is 0.929 bits per heavy atom. The van der Waals surface area contributed by atoms with Crippen molar-refractivity contribution in [1.29, 1.82) is 0 Å². The van der Waals surface area contributed by atoms with Crippen molar-refractivity contribution in [2.75, 3.05) is 19.5 Å². The Morgan fingerprint density at radius 3 is 2.39 bits per heavy atom. The first kappa shape index (κ1) is 18.3. The zero-order valence-electron chi connectivity index (χ0n) is 16.3. The van der Waals surface area contributed by atoms with Crippen molar-refractivity contribution in [3.8, 4) is 17.2 Å². The number of methoxy groups -OCH3 is 2. The van der Waals surface area contributed by atoms with E-state index in [0.29, 0.717) is 11.5 Å². The summed E-state index contributed by atoms with van der Waals surface area (Å²) in [6.07, 6.45) is 5.47. The molecule has 1 N–H and O–H groups in total. The Balaban J connectivity index is 1.76. The van der Waals surface area contributed by atoms with Crippen LogP contribution in [-0.4, -0.2) is 34.4 Å². The van der Waals surface area contributed by atoms with Gasteiger partial charge in [-0.25, -0.2) is 0 Å². The number of hydrogen-bond donors (Lipinski definition) is 1. The average Bonchev–Trinajstić information content (AvgIpc) is 3.25. The number of hydrogen-bond acceptors (Lipinski definition) is 6. The minimum atomic E-state index is -0.309. The number of ether oxygens (including phenoxy) is 2. The van der Waals surface area contributed by atoms with Gasteiger partial charge in [0.25, 0.3) is 0 Å². The minimum Gasteiger partial charge on any atom is -0.493 e. The Kier molecular flexibility index (Phi) is 5.14. The van der Waals surface area contributed by atoms with E-state index in [0.717, 1.165) is 42.9 Å². The summed E-state index contributed by atoms with van der Waals surface area (Å²) < 4.78 is 12.6. The van der Waals surface area contributed by atoms with Crippen molar-refractivity contribution in [2.24, 2.45) is 0 Å². The summed E-state index contributed by atoms with van der Waals surface area (Å²) in [7, 11) is 3.25. The molecule has 146 valence electrons. The number of nitrogens with one attached hydrogen (secondary N) is 1. The van der Waals surface area contributed by atoms with E-state index < -0.39 is 0 Å². The fraction of sp³-hybridized carbons (Fsp3) is 0.381. The van der Waals surface area contributed by atoms with Crippen LogP contribution in [0.1, 0.15) is 37.9 Å². The van der Waals surface area contributed by atoms with Gasteiger partial charge in [0, 0.05) is 11.8 Å². The monoisotopic (exact) mass is 379 g/mol. The van der Waals surface area contributed by atoms with E-state index in [9.17, 15) is 0 Å². The smallest absolute Gasteiger partial charge is 0.181 e. The van der Waals surface area contributed by atoms with Gasteiger partial charge in [0.2, 0.25) is 0 Å². The molecular formula is C21H25N5O2. The summed E-state index contributed by atoms with van der Waals surface area (Å²) in [6, 6.07) is 16.0. The molecule has 1 aliphatic carbocycles. The van der Waals surface area contributed by atoms with Crippen LogP contribution in [0.2, 0.25) is 0 Å². The van der Waals surface area contributed by atoms with Crippen LogP contribution in [-0.2, 0) is 5.54 Å². The molecule has 0 saturated heterocycles. The van der Waals surface area contributed by atoms with E-state index in [4.69, 9.17) is 9.47 Å². The lowest BCUT2D eigenvalue weighted by Gasteiger charge is -2.37. The SMILES string of the molecule is COc1ccc(-n2nnnc2C2(Nc3ccccc3)CCCCC2)cc1OC. The van der Waals surface area contributed by atoms with Crippen LogP contribution in [0, 0.1) is 0 Å². The third kappa shape index (κ3) is 3.40. The van der Waals surface area contributed by atoms with E-state index in [2.05, 4.69) is 33.0 Å². The third-order valence-corrected chi connectivity index (χ3v) is 5.37. The molecule has 0 radical (unpaired) electrons. The van der Waals surface area contributed by atoms with E-state index in [1.165, 1.54) is 6.42 Å². The standard InChI is InChI=1S/C21H25N5O2/c1-27-18-12-11-17(15-19(18)28-2)26-20(23-24-25-26)21(13-7-4-8-14-21)22-16-9-5-3-6-10-16/h3,5-6,9-12,15,22H,4,7-8,13-14H2,1-2H3. The molecule has 0 bridgehead atoms. The second-order valence-electron chi connectivity index (χ2n) is 7.09. The summed E-state index contributed by atoms with van der Waals surface area (Å²) in [6.45, 7) is 0. The normalized spacial score (nSPS) is 15.8. The molecule has 1 aliphatic rings. The molecule has 0 amide bonds. The maximum Gasteiger partial charge on any atom is 0.181 e. The number of para-hydroxylation sites is 1. The van der Waals surface area contributed by atoms with Gasteiger partial charge in [0.15, 0.2) is 17.3 Å². The molecule has 0 spiro atoms. The van der Waals surface area contributed by atoms with Crippen LogP contribution >= 0.6 is 0 Å². The van der Waals surface area contributed by atoms with Crippen molar-refractivity contribution < 1.29 is 9.47 Å². The van der Waals surface area contributed by atoms with Gasteiger partial charge >= 0.3 is 0 Å². The van der Waals surface area contributed by atoms with Crippen LogP contribution in [0.4, 0.5) is 5.69 Å². The molecular weight excluding hydrogens is 354 g/mol. The fourth-order valence-corrected chi connectivity index (χ4v) is 3.97. The predicted octanol–water partition coefficient (Wildman–Crippen LogP) is 3.95. The molecule has 1 fully saturated rings. The van der Waals surface area contributed by atoms with Gasteiger partial charge in [-0.15, -0.1) is 5.10 Å². The Bertz CT molecular complexity index is 920. The largest absolute Gasteiger partial charge is 0.493 e. The maximum atomic E-state index is 5.46. The van der Waals surface area contributed by atoms with Crippen LogP contribution in [0.3, 0.4) is 0 Å². The fourth-order valence-electron chi connectivity index (χ4n) is 3.97. The molecule has 28 heavy (non-hydrogen) atoms. The Labute approximate surface area is 164 Å². The molecule has 3 aromatic rings. The highest BCUT2D eigenvalue weighted by Gasteiger charge is 2.39.